The highest BCUT2D eigenvalue weighted by atomic mass is 16.6. The molecule has 0 aliphatic carbocycles. The van der Waals surface area contributed by atoms with Crippen molar-refractivity contribution in [2.75, 3.05) is 46.1 Å². The molecule has 3 N–H and O–H groups in total. The second-order valence-electron chi connectivity index (χ2n) is 9.24. The fourth-order valence-corrected chi connectivity index (χ4v) is 2.37. The molecular weight excluding hydrogens is 448 g/mol. The Morgan fingerprint density at radius 1 is 0.853 bits per heavy atom. The number of azide groups is 1. The number of rotatable bonds is 15. The monoisotopic (exact) mass is 488 g/mol. The van der Waals surface area contributed by atoms with E-state index in [-0.39, 0.29) is 32.7 Å². The molecular formula is C21H40N6O7. The minimum Gasteiger partial charge on any atom is -0.444 e. The predicted octanol–water partition coefficient (Wildman–Crippen LogP) is 2.64. The van der Waals surface area contributed by atoms with Crippen molar-refractivity contribution in [3.63, 3.8) is 0 Å². The molecule has 0 aromatic rings. The average molecular weight is 489 g/mol. The van der Waals surface area contributed by atoms with Crippen molar-refractivity contribution in [2.45, 2.75) is 71.6 Å². The summed E-state index contributed by atoms with van der Waals surface area (Å²) in [5.74, 6) is -0.391. The quantitative estimate of drug-likeness (QED) is 0.137. The number of carbonyl (C=O) groups excluding carboxylic acids is 3. The zero-order chi connectivity index (χ0) is 26.0. The van der Waals surface area contributed by atoms with Crippen LogP contribution in [0, 0.1) is 0 Å². The molecule has 0 unspecified atom stereocenters. The van der Waals surface area contributed by atoms with E-state index in [1.54, 1.807) is 41.5 Å². The minimum absolute atomic E-state index is 0.236. The van der Waals surface area contributed by atoms with Gasteiger partial charge in [0.2, 0.25) is 5.91 Å². The Morgan fingerprint density at radius 2 is 1.44 bits per heavy atom. The summed E-state index contributed by atoms with van der Waals surface area (Å²) in [6.07, 6.45) is -0.549. The molecule has 0 bridgehead atoms. The molecule has 0 aromatic carbocycles. The zero-order valence-corrected chi connectivity index (χ0v) is 21.1. The number of alkyl carbamates (subject to hydrolysis) is 2. The molecule has 0 aromatic heterocycles. The van der Waals surface area contributed by atoms with Crippen molar-refractivity contribution >= 4 is 18.1 Å². The van der Waals surface area contributed by atoms with Crippen LogP contribution in [0.3, 0.4) is 0 Å². The summed E-state index contributed by atoms with van der Waals surface area (Å²) in [6.45, 7) is 12.5. The van der Waals surface area contributed by atoms with E-state index in [2.05, 4.69) is 26.0 Å². The molecule has 0 saturated carbocycles. The van der Waals surface area contributed by atoms with Gasteiger partial charge < -0.3 is 34.9 Å². The van der Waals surface area contributed by atoms with E-state index >= 15 is 0 Å². The summed E-state index contributed by atoms with van der Waals surface area (Å²) in [4.78, 5) is 39.1. The van der Waals surface area contributed by atoms with Crippen molar-refractivity contribution in [2.24, 2.45) is 5.11 Å². The number of carbonyl (C=O) groups is 3. The molecule has 13 nitrogen and oxygen atoms in total. The van der Waals surface area contributed by atoms with Crippen LogP contribution in [0.2, 0.25) is 0 Å². The SMILES string of the molecule is CC(C)(C)OC(=O)NCCC[C@H](NC(=O)OC(C)(C)C)C(=O)NCCOCCOCCN=[N+]=[N-]. The molecule has 13 heteroatoms. The van der Waals surface area contributed by atoms with Gasteiger partial charge in [0.25, 0.3) is 0 Å². The van der Waals surface area contributed by atoms with Crippen LogP contribution < -0.4 is 16.0 Å². The number of nitrogens with zero attached hydrogens (tertiary/aromatic N) is 3. The van der Waals surface area contributed by atoms with E-state index in [9.17, 15) is 14.4 Å². The molecule has 196 valence electrons. The molecule has 1 atom stereocenters. The highest BCUT2D eigenvalue weighted by Crippen LogP contribution is 2.08. The first-order valence-corrected chi connectivity index (χ1v) is 11.2. The molecule has 0 aliphatic heterocycles. The van der Waals surface area contributed by atoms with Crippen molar-refractivity contribution in [1.82, 2.24) is 16.0 Å². The van der Waals surface area contributed by atoms with Gasteiger partial charge in [0.15, 0.2) is 0 Å². The highest BCUT2D eigenvalue weighted by Gasteiger charge is 2.24. The lowest BCUT2D eigenvalue weighted by molar-refractivity contribution is -0.123. The van der Waals surface area contributed by atoms with Gasteiger partial charge in [0, 0.05) is 24.5 Å². The first-order chi connectivity index (χ1) is 15.8. The summed E-state index contributed by atoms with van der Waals surface area (Å²) in [7, 11) is 0. The number of amides is 3. The fourth-order valence-electron chi connectivity index (χ4n) is 2.37. The van der Waals surface area contributed by atoms with Crippen LogP contribution in [-0.4, -0.2) is 81.4 Å². The highest BCUT2D eigenvalue weighted by molar-refractivity contribution is 5.85. The number of nitrogens with one attached hydrogen (secondary N) is 3. The third kappa shape index (κ3) is 19.9. The molecule has 0 spiro atoms. The van der Waals surface area contributed by atoms with Gasteiger partial charge in [-0.2, -0.15) is 0 Å². The Bertz CT molecular complexity index is 670. The van der Waals surface area contributed by atoms with Crippen LogP contribution in [-0.2, 0) is 23.7 Å². The van der Waals surface area contributed by atoms with Gasteiger partial charge in [-0.25, -0.2) is 9.59 Å². The van der Waals surface area contributed by atoms with E-state index in [4.69, 9.17) is 24.5 Å². The molecule has 0 rings (SSSR count). The van der Waals surface area contributed by atoms with Crippen LogP contribution in [0.15, 0.2) is 5.11 Å². The maximum Gasteiger partial charge on any atom is 0.408 e. The Balaban J connectivity index is 4.43. The largest absolute Gasteiger partial charge is 0.444 e. The Labute approximate surface area is 201 Å². The van der Waals surface area contributed by atoms with Gasteiger partial charge in [0.1, 0.15) is 17.2 Å². The molecule has 0 aliphatic rings. The number of hydrogen-bond donors (Lipinski definition) is 3. The van der Waals surface area contributed by atoms with E-state index in [1.165, 1.54) is 0 Å². The van der Waals surface area contributed by atoms with Crippen LogP contribution in [0.25, 0.3) is 10.4 Å². The molecule has 0 saturated heterocycles. The molecule has 0 heterocycles. The Kier molecular flexibility index (Phi) is 15.4. The summed E-state index contributed by atoms with van der Waals surface area (Å²) in [5.41, 5.74) is 6.84. The van der Waals surface area contributed by atoms with E-state index in [0.717, 1.165) is 0 Å². The van der Waals surface area contributed by atoms with Crippen molar-refractivity contribution < 1.29 is 33.3 Å². The molecule has 0 fully saturated rings. The second-order valence-corrected chi connectivity index (χ2v) is 9.24. The Hall–Kier alpha value is -2.76. The van der Waals surface area contributed by atoms with E-state index < -0.39 is 35.3 Å². The van der Waals surface area contributed by atoms with Gasteiger partial charge >= 0.3 is 12.2 Å². The Morgan fingerprint density at radius 3 is 2.03 bits per heavy atom. The van der Waals surface area contributed by atoms with Gasteiger partial charge in [-0.1, -0.05) is 5.11 Å². The molecule has 3 amide bonds. The van der Waals surface area contributed by atoms with E-state index in [1.807, 2.05) is 0 Å². The summed E-state index contributed by atoms with van der Waals surface area (Å²) >= 11 is 0. The second kappa shape index (κ2) is 16.8. The summed E-state index contributed by atoms with van der Waals surface area (Å²) < 4.78 is 21.0. The fraction of sp³-hybridized carbons (Fsp3) is 0.857. The summed E-state index contributed by atoms with van der Waals surface area (Å²) in [6, 6.07) is -0.848. The van der Waals surface area contributed by atoms with Gasteiger partial charge in [-0.05, 0) is 59.9 Å². The first-order valence-electron chi connectivity index (χ1n) is 11.2. The lowest BCUT2D eigenvalue weighted by atomic mass is 10.1. The topological polar surface area (TPSA) is 173 Å². The van der Waals surface area contributed by atoms with Crippen LogP contribution in [0.4, 0.5) is 9.59 Å². The van der Waals surface area contributed by atoms with Gasteiger partial charge in [-0.15, -0.1) is 0 Å². The lowest BCUT2D eigenvalue weighted by Gasteiger charge is -2.23. The van der Waals surface area contributed by atoms with Crippen molar-refractivity contribution in [1.29, 1.82) is 0 Å². The maximum atomic E-state index is 12.6. The smallest absolute Gasteiger partial charge is 0.408 e. The number of hydrogen-bond acceptors (Lipinski definition) is 8. The third-order valence-electron chi connectivity index (χ3n) is 3.66. The standard InChI is InChI=1S/C21H40N6O7/c1-20(2,3)33-18(29)24-9-7-8-16(26-19(30)34-21(4,5)6)17(28)23-10-12-31-14-15-32-13-11-25-27-22/h16H,7-15H2,1-6H3,(H,23,28)(H,24,29)(H,26,30)/t16-/m0/s1. The normalized spacial score (nSPS) is 12.2. The van der Waals surface area contributed by atoms with Gasteiger partial charge in [0.05, 0.1) is 26.4 Å². The third-order valence-corrected chi connectivity index (χ3v) is 3.66. The van der Waals surface area contributed by atoms with Crippen LogP contribution in [0.5, 0.6) is 0 Å². The minimum atomic E-state index is -0.848. The van der Waals surface area contributed by atoms with Crippen LogP contribution in [0.1, 0.15) is 54.4 Å². The first kappa shape index (κ1) is 31.2. The number of ether oxygens (including phenoxy) is 4. The van der Waals surface area contributed by atoms with Crippen molar-refractivity contribution in [3.8, 4) is 0 Å². The van der Waals surface area contributed by atoms with Gasteiger partial charge in [-0.3, -0.25) is 4.79 Å². The predicted molar refractivity (Wildman–Crippen MR) is 125 cm³/mol. The van der Waals surface area contributed by atoms with Crippen molar-refractivity contribution in [3.05, 3.63) is 10.4 Å². The molecule has 34 heavy (non-hydrogen) atoms. The van der Waals surface area contributed by atoms with Crippen LogP contribution >= 0.6 is 0 Å². The average Bonchev–Trinajstić information content (AvgIpc) is 2.68. The maximum absolute atomic E-state index is 12.6. The molecule has 0 radical (unpaired) electrons. The summed E-state index contributed by atoms with van der Waals surface area (Å²) in [5, 5.41) is 11.2. The zero-order valence-electron chi connectivity index (χ0n) is 21.1. The lowest BCUT2D eigenvalue weighted by Crippen LogP contribution is -2.49. The van der Waals surface area contributed by atoms with E-state index in [0.29, 0.717) is 26.2 Å².